The van der Waals surface area contributed by atoms with Gasteiger partial charge in [0.2, 0.25) is 5.88 Å². The number of piperidine rings is 1. The maximum absolute atomic E-state index is 13.8. The Kier molecular flexibility index (Phi) is 6.27. The molecule has 0 radical (unpaired) electrons. The highest BCUT2D eigenvalue weighted by Crippen LogP contribution is 2.26. The Balaban J connectivity index is 1.42. The van der Waals surface area contributed by atoms with Crippen LogP contribution < -0.4 is 4.74 Å². The summed E-state index contributed by atoms with van der Waals surface area (Å²) >= 11 is 0. The number of ether oxygens (including phenoxy) is 2. The number of fused-ring (bicyclic) bond motifs is 1. The second kappa shape index (κ2) is 9.08. The summed E-state index contributed by atoms with van der Waals surface area (Å²) in [4.78, 5) is 23.8. The van der Waals surface area contributed by atoms with Gasteiger partial charge in [-0.25, -0.2) is 9.37 Å². The first-order valence-electron chi connectivity index (χ1n) is 10.7. The van der Waals surface area contributed by atoms with Crippen molar-refractivity contribution in [3.05, 3.63) is 52.2 Å². The maximum atomic E-state index is 13.8. The van der Waals surface area contributed by atoms with E-state index in [4.69, 9.17) is 9.47 Å². The SMILES string of the molecule is CCc1nc2c(c(OC3CCN(C(=O)c4ccc(C)c(F)c4)CC3)n1)CCOCC2. The number of halogens is 1. The van der Waals surface area contributed by atoms with Crippen molar-refractivity contribution in [2.75, 3.05) is 26.3 Å². The van der Waals surface area contributed by atoms with Gasteiger partial charge in [-0.1, -0.05) is 13.0 Å². The van der Waals surface area contributed by atoms with E-state index in [1.165, 1.54) is 6.07 Å². The lowest BCUT2D eigenvalue weighted by molar-refractivity contribution is 0.0584. The molecule has 7 heteroatoms. The van der Waals surface area contributed by atoms with Gasteiger partial charge in [0.15, 0.2) is 0 Å². The standard InChI is InChI=1S/C23H28FN3O3/c1-3-21-25-20-9-13-29-12-8-18(20)22(26-21)30-17-6-10-27(11-7-17)23(28)16-5-4-15(2)19(24)14-16/h4-5,14,17H,3,6-13H2,1-2H3. The third kappa shape index (κ3) is 4.46. The highest BCUT2D eigenvalue weighted by molar-refractivity contribution is 5.94. The maximum Gasteiger partial charge on any atom is 0.253 e. The third-order valence-corrected chi connectivity index (χ3v) is 5.82. The average Bonchev–Trinajstić information content (AvgIpc) is 3.01. The predicted molar refractivity (Wildman–Crippen MR) is 110 cm³/mol. The van der Waals surface area contributed by atoms with Crippen molar-refractivity contribution in [2.24, 2.45) is 0 Å². The fraction of sp³-hybridized carbons (Fsp3) is 0.522. The minimum atomic E-state index is -0.348. The topological polar surface area (TPSA) is 64.5 Å². The molecule has 0 aliphatic carbocycles. The molecule has 0 spiro atoms. The number of benzene rings is 1. The number of hydrogen-bond donors (Lipinski definition) is 0. The lowest BCUT2D eigenvalue weighted by Gasteiger charge is -2.32. The number of aromatic nitrogens is 2. The van der Waals surface area contributed by atoms with Crippen LogP contribution in [0.4, 0.5) is 4.39 Å². The van der Waals surface area contributed by atoms with Crippen molar-refractivity contribution in [3.63, 3.8) is 0 Å². The van der Waals surface area contributed by atoms with Crippen LogP contribution in [-0.2, 0) is 24.0 Å². The quantitative estimate of drug-likeness (QED) is 0.770. The second-order valence-corrected chi connectivity index (χ2v) is 7.91. The first-order valence-corrected chi connectivity index (χ1v) is 10.7. The highest BCUT2D eigenvalue weighted by atomic mass is 19.1. The van der Waals surface area contributed by atoms with Crippen LogP contribution in [-0.4, -0.2) is 53.2 Å². The first-order chi connectivity index (χ1) is 14.5. The molecular weight excluding hydrogens is 385 g/mol. The van der Waals surface area contributed by atoms with Crippen LogP contribution in [0.5, 0.6) is 5.88 Å². The predicted octanol–water partition coefficient (Wildman–Crippen LogP) is 3.29. The zero-order valence-electron chi connectivity index (χ0n) is 17.6. The van der Waals surface area contributed by atoms with Crippen LogP contribution >= 0.6 is 0 Å². The summed E-state index contributed by atoms with van der Waals surface area (Å²) in [7, 11) is 0. The normalized spacial score (nSPS) is 17.4. The Morgan fingerprint density at radius 1 is 1.23 bits per heavy atom. The molecule has 1 aromatic carbocycles. The van der Waals surface area contributed by atoms with Crippen LogP contribution in [0, 0.1) is 12.7 Å². The minimum absolute atomic E-state index is 0.00307. The third-order valence-electron chi connectivity index (χ3n) is 5.82. The fourth-order valence-corrected chi connectivity index (χ4v) is 3.96. The lowest BCUT2D eigenvalue weighted by atomic mass is 10.0. The summed E-state index contributed by atoms with van der Waals surface area (Å²) in [6, 6.07) is 4.66. The zero-order valence-corrected chi connectivity index (χ0v) is 17.6. The number of carbonyl (C=O) groups is 1. The Morgan fingerprint density at radius 3 is 2.73 bits per heavy atom. The van der Waals surface area contributed by atoms with E-state index in [-0.39, 0.29) is 17.8 Å². The molecule has 1 saturated heterocycles. The van der Waals surface area contributed by atoms with Crippen LogP contribution in [0.1, 0.15) is 52.8 Å². The summed E-state index contributed by atoms with van der Waals surface area (Å²) < 4.78 is 25.7. The van der Waals surface area contributed by atoms with Crippen LogP contribution in [0.3, 0.4) is 0 Å². The highest BCUT2D eigenvalue weighted by Gasteiger charge is 2.27. The smallest absolute Gasteiger partial charge is 0.253 e. The number of hydrogen-bond acceptors (Lipinski definition) is 5. The summed E-state index contributed by atoms with van der Waals surface area (Å²) in [5.74, 6) is 0.986. The van der Waals surface area contributed by atoms with Gasteiger partial charge in [-0.05, 0) is 24.6 Å². The molecular formula is C23H28FN3O3. The number of likely N-dealkylation sites (tertiary alicyclic amines) is 1. The molecule has 0 atom stereocenters. The Hall–Kier alpha value is -2.54. The largest absolute Gasteiger partial charge is 0.474 e. The van der Waals surface area contributed by atoms with Gasteiger partial charge in [0.05, 0.1) is 18.9 Å². The Labute approximate surface area is 176 Å². The van der Waals surface area contributed by atoms with Crippen molar-refractivity contribution >= 4 is 5.91 Å². The van der Waals surface area contributed by atoms with Crippen molar-refractivity contribution in [2.45, 2.75) is 52.1 Å². The van der Waals surface area contributed by atoms with Gasteiger partial charge < -0.3 is 14.4 Å². The molecule has 0 saturated carbocycles. The summed E-state index contributed by atoms with van der Waals surface area (Å²) in [5, 5.41) is 0. The average molecular weight is 413 g/mol. The molecule has 1 aromatic heterocycles. The summed E-state index contributed by atoms with van der Waals surface area (Å²) in [6.45, 7) is 6.21. The van der Waals surface area contributed by atoms with E-state index >= 15 is 0 Å². The second-order valence-electron chi connectivity index (χ2n) is 7.91. The summed E-state index contributed by atoms with van der Waals surface area (Å²) in [5.41, 5.74) is 3.02. The van der Waals surface area contributed by atoms with Gasteiger partial charge in [0.1, 0.15) is 17.7 Å². The fourth-order valence-electron chi connectivity index (χ4n) is 3.96. The molecule has 3 heterocycles. The Morgan fingerprint density at radius 2 is 2.00 bits per heavy atom. The van der Waals surface area contributed by atoms with E-state index in [0.29, 0.717) is 43.3 Å². The van der Waals surface area contributed by atoms with E-state index in [2.05, 4.69) is 9.97 Å². The van der Waals surface area contributed by atoms with E-state index in [0.717, 1.165) is 49.2 Å². The van der Waals surface area contributed by atoms with Crippen LogP contribution in [0.15, 0.2) is 18.2 Å². The number of amides is 1. The van der Waals surface area contributed by atoms with Gasteiger partial charge in [0, 0.05) is 56.3 Å². The van der Waals surface area contributed by atoms with Crippen molar-refractivity contribution in [1.29, 1.82) is 0 Å². The summed E-state index contributed by atoms with van der Waals surface area (Å²) in [6.07, 6.45) is 3.72. The van der Waals surface area contributed by atoms with Crippen molar-refractivity contribution < 1.29 is 18.7 Å². The molecule has 160 valence electrons. The molecule has 0 unspecified atom stereocenters. The molecule has 4 rings (SSSR count). The van der Waals surface area contributed by atoms with E-state index in [1.54, 1.807) is 24.0 Å². The molecule has 30 heavy (non-hydrogen) atoms. The van der Waals surface area contributed by atoms with Gasteiger partial charge in [-0.2, -0.15) is 4.98 Å². The zero-order chi connectivity index (χ0) is 21.1. The molecule has 2 aliphatic heterocycles. The number of nitrogens with zero attached hydrogens (tertiary/aromatic N) is 3. The molecule has 0 bridgehead atoms. The van der Waals surface area contributed by atoms with Crippen LogP contribution in [0.2, 0.25) is 0 Å². The molecule has 1 fully saturated rings. The van der Waals surface area contributed by atoms with Gasteiger partial charge in [0.25, 0.3) is 5.91 Å². The Bertz CT molecular complexity index is 926. The molecule has 0 N–H and O–H groups in total. The number of rotatable bonds is 4. The molecule has 2 aliphatic rings. The van der Waals surface area contributed by atoms with Gasteiger partial charge >= 0.3 is 0 Å². The van der Waals surface area contributed by atoms with E-state index in [9.17, 15) is 9.18 Å². The monoisotopic (exact) mass is 413 g/mol. The van der Waals surface area contributed by atoms with Crippen molar-refractivity contribution in [3.8, 4) is 5.88 Å². The molecule has 1 amide bonds. The lowest BCUT2D eigenvalue weighted by Crippen LogP contribution is -2.42. The first kappa shape index (κ1) is 20.7. The van der Waals surface area contributed by atoms with E-state index in [1.807, 2.05) is 6.92 Å². The van der Waals surface area contributed by atoms with Crippen molar-refractivity contribution in [1.82, 2.24) is 14.9 Å². The minimum Gasteiger partial charge on any atom is -0.474 e. The molecule has 6 nitrogen and oxygen atoms in total. The van der Waals surface area contributed by atoms with Crippen LogP contribution in [0.25, 0.3) is 0 Å². The number of carbonyl (C=O) groups excluding carboxylic acids is 1. The molecule has 2 aromatic rings. The number of aryl methyl sites for hydroxylation is 2. The van der Waals surface area contributed by atoms with E-state index < -0.39 is 0 Å². The van der Waals surface area contributed by atoms with Gasteiger partial charge in [-0.15, -0.1) is 0 Å². The van der Waals surface area contributed by atoms with Gasteiger partial charge in [-0.3, -0.25) is 4.79 Å².